The van der Waals surface area contributed by atoms with E-state index in [4.69, 9.17) is 0 Å². The first-order valence-electron chi connectivity index (χ1n) is 9.40. The van der Waals surface area contributed by atoms with Crippen LogP contribution in [0, 0.1) is 23.7 Å². The van der Waals surface area contributed by atoms with Gasteiger partial charge in [-0.3, -0.25) is 9.69 Å². The summed E-state index contributed by atoms with van der Waals surface area (Å²) in [7, 11) is 0. The lowest BCUT2D eigenvalue weighted by atomic mass is 9.69. The van der Waals surface area contributed by atoms with Gasteiger partial charge in [-0.2, -0.15) is 0 Å². The molecule has 24 heavy (non-hydrogen) atoms. The fraction of sp³-hybridized carbons (Fsp3) is 0.900. The van der Waals surface area contributed by atoms with Gasteiger partial charge in [0.05, 0.1) is 0 Å². The molecule has 3 atom stereocenters. The van der Waals surface area contributed by atoms with Crippen molar-refractivity contribution >= 4 is 11.9 Å². The third kappa shape index (κ3) is 5.49. The van der Waals surface area contributed by atoms with Crippen LogP contribution < -0.4 is 5.32 Å². The van der Waals surface area contributed by atoms with Crippen molar-refractivity contribution in [3.63, 3.8) is 0 Å². The molecule has 0 aromatic heterocycles. The Labute approximate surface area is 148 Å². The maximum atomic E-state index is 13.4. The first kappa shape index (κ1) is 21.0. The van der Waals surface area contributed by atoms with E-state index in [1.807, 2.05) is 41.5 Å². The SMILES string of the molecule is CC1CCC(C(C)C)C(C(=O)N(C(=O)NC(C)(C)C)C(C)(C)C)C1. The first-order valence-corrected chi connectivity index (χ1v) is 9.40. The quantitative estimate of drug-likeness (QED) is 0.784. The molecule has 1 saturated carbocycles. The molecule has 0 bridgehead atoms. The molecule has 1 N–H and O–H groups in total. The first-order chi connectivity index (χ1) is 10.7. The number of amides is 3. The van der Waals surface area contributed by atoms with Gasteiger partial charge in [-0.1, -0.05) is 27.2 Å². The molecule has 0 aromatic rings. The van der Waals surface area contributed by atoms with Gasteiger partial charge in [0.25, 0.3) is 0 Å². The van der Waals surface area contributed by atoms with Crippen LogP contribution in [-0.4, -0.2) is 27.9 Å². The zero-order valence-corrected chi connectivity index (χ0v) is 17.2. The van der Waals surface area contributed by atoms with Crippen LogP contribution in [0.2, 0.25) is 0 Å². The van der Waals surface area contributed by atoms with Crippen LogP contribution >= 0.6 is 0 Å². The van der Waals surface area contributed by atoms with Gasteiger partial charge < -0.3 is 5.32 Å². The minimum absolute atomic E-state index is 0.00509. The number of imide groups is 1. The van der Waals surface area contributed by atoms with Crippen molar-refractivity contribution in [2.45, 2.75) is 92.7 Å². The normalized spacial score (nSPS) is 25.5. The number of carbonyl (C=O) groups excluding carboxylic acids is 2. The molecule has 0 spiro atoms. The van der Waals surface area contributed by atoms with E-state index < -0.39 is 5.54 Å². The van der Waals surface area contributed by atoms with E-state index >= 15 is 0 Å². The van der Waals surface area contributed by atoms with Crippen molar-refractivity contribution in [1.82, 2.24) is 10.2 Å². The van der Waals surface area contributed by atoms with Crippen molar-refractivity contribution in [3.05, 3.63) is 0 Å². The molecule has 4 nitrogen and oxygen atoms in total. The Balaban J connectivity index is 3.12. The lowest BCUT2D eigenvalue weighted by Crippen LogP contribution is -2.59. The zero-order valence-electron chi connectivity index (χ0n) is 17.2. The Morgan fingerprint density at radius 3 is 2.00 bits per heavy atom. The standard InChI is InChI=1S/C20H38N2O2/c1-13(2)15-11-10-14(3)12-16(15)17(23)22(20(7,8)9)18(24)21-19(4,5)6/h13-16H,10-12H2,1-9H3,(H,21,24). The number of rotatable bonds is 2. The molecule has 1 aliphatic carbocycles. The molecule has 4 heteroatoms. The second-order valence-electron chi connectivity index (χ2n) is 9.96. The second-order valence-corrected chi connectivity index (χ2v) is 9.96. The molecular formula is C20H38N2O2. The molecule has 1 aliphatic rings. The Hall–Kier alpha value is -1.06. The molecule has 1 fully saturated rings. The Bertz CT molecular complexity index is 457. The Kier molecular flexibility index (Phi) is 6.51. The molecule has 0 saturated heterocycles. The molecule has 0 radical (unpaired) electrons. The van der Waals surface area contributed by atoms with E-state index in [-0.39, 0.29) is 23.4 Å². The van der Waals surface area contributed by atoms with E-state index in [9.17, 15) is 9.59 Å². The monoisotopic (exact) mass is 338 g/mol. The highest BCUT2D eigenvalue weighted by Crippen LogP contribution is 2.39. The van der Waals surface area contributed by atoms with Crippen LogP contribution in [0.25, 0.3) is 0 Å². The van der Waals surface area contributed by atoms with Crippen LogP contribution in [0.1, 0.15) is 81.6 Å². The second kappa shape index (κ2) is 7.45. The molecule has 140 valence electrons. The number of carbonyl (C=O) groups is 2. The number of hydrogen-bond acceptors (Lipinski definition) is 2. The summed E-state index contributed by atoms with van der Waals surface area (Å²) in [4.78, 5) is 27.7. The maximum absolute atomic E-state index is 13.4. The average Bonchev–Trinajstić information content (AvgIpc) is 2.33. The van der Waals surface area contributed by atoms with Crippen molar-refractivity contribution in [3.8, 4) is 0 Å². The average molecular weight is 339 g/mol. The van der Waals surface area contributed by atoms with Gasteiger partial charge in [-0.05, 0) is 72.1 Å². The van der Waals surface area contributed by atoms with Gasteiger partial charge in [-0.25, -0.2) is 4.79 Å². The third-order valence-electron chi connectivity index (χ3n) is 4.92. The Morgan fingerprint density at radius 1 is 1.04 bits per heavy atom. The van der Waals surface area contributed by atoms with Crippen molar-refractivity contribution in [2.75, 3.05) is 0 Å². The molecule has 3 amide bonds. The van der Waals surface area contributed by atoms with Crippen LogP contribution in [-0.2, 0) is 4.79 Å². The number of hydrogen-bond donors (Lipinski definition) is 1. The van der Waals surface area contributed by atoms with E-state index in [0.717, 1.165) is 12.8 Å². The largest absolute Gasteiger partial charge is 0.333 e. The minimum atomic E-state index is -0.533. The fourth-order valence-electron chi connectivity index (χ4n) is 3.76. The highest BCUT2D eigenvalue weighted by Gasteiger charge is 2.43. The molecule has 0 aliphatic heterocycles. The van der Waals surface area contributed by atoms with E-state index in [1.54, 1.807) is 0 Å². The number of nitrogens with zero attached hydrogens (tertiary/aromatic N) is 1. The molecule has 1 rings (SSSR count). The summed E-state index contributed by atoms with van der Waals surface area (Å²) in [6.45, 7) is 18.2. The van der Waals surface area contributed by atoms with Crippen LogP contribution in [0.5, 0.6) is 0 Å². The van der Waals surface area contributed by atoms with Gasteiger partial charge >= 0.3 is 6.03 Å². The van der Waals surface area contributed by atoms with Gasteiger partial charge in [0.15, 0.2) is 0 Å². The van der Waals surface area contributed by atoms with E-state index in [2.05, 4.69) is 26.1 Å². The molecule has 0 heterocycles. The number of urea groups is 1. The van der Waals surface area contributed by atoms with Crippen molar-refractivity contribution < 1.29 is 9.59 Å². The Morgan fingerprint density at radius 2 is 1.58 bits per heavy atom. The zero-order chi connectivity index (χ0) is 18.9. The van der Waals surface area contributed by atoms with Crippen molar-refractivity contribution in [2.24, 2.45) is 23.7 Å². The smallest absolute Gasteiger partial charge is 0.324 e. The van der Waals surface area contributed by atoms with Gasteiger partial charge in [0.1, 0.15) is 0 Å². The summed E-state index contributed by atoms with van der Waals surface area (Å²) < 4.78 is 0. The predicted octanol–water partition coefficient (Wildman–Crippen LogP) is 4.83. The van der Waals surface area contributed by atoms with Crippen LogP contribution in [0.15, 0.2) is 0 Å². The summed E-state index contributed by atoms with van der Waals surface area (Å²) >= 11 is 0. The highest BCUT2D eigenvalue weighted by molar-refractivity contribution is 5.96. The molecular weight excluding hydrogens is 300 g/mol. The fourth-order valence-corrected chi connectivity index (χ4v) is 3.76. The summed E-state index contributed by atoms with van der Waals surface area (Å²) in [5.74, 6) is 1.30. The third-order valence-corrected chi connectivity index (χ3v) is 4.92. The molecule has 3 unspecified atom stereocenters. The van der Waals surface area contributed by atoms with Gasteiger partial charge in [0.2, 0.25) is 5.91 Å². The summed E-state index contributed by atoms with van der Waals surface area (Å²) in [6, 6.07) is -0.277. The van der Waals surface area contributed by atoms with Gasteiger partial charge in [-0.15, -0.1) is 0 Å². The lowest BCUT2D eigenvalue weighted by molar-refractivity contribution is -0.140. The number of nitrogens with one attached hydrogen (secondary N) is 1. The van der Waals surface area contributed by atoms with Gasteiger partial charge in [0, 0.05) is 17.0 Å². The minimum Gasteiger partial charge on any atom is -0.333 e. The van der Waals surface area contributed by atoms with Crippen molar-refractivity contribution in [1.29, 1.82) is 0 Å². The predicted molar refractivity (Wildman–Crippen MR) is 99.7 cm³/mol. The summed E-state index contributed by atoms with van der Waals surface area (Å²) in [5, 5.41) is 2.97. The summed E-state index contributed by atoms with van der Waals surface area (Å²) in [5.41, 5.74) is -0.896. The highest BCUT2D eigenvalue weighted by atomic mass is 16.2. The van der Waals surface area contributed by atoms with Crippen LogP contribution in [0.3, 0.4) is 0 Å². The van der Waals surface area contributed by atoms with E-state index in [1.165, 1.54) is 11.3 Å². The lowest BCUT2D eigenvalue weighted by Gasteiger charge is -2.43. The maximum Gasteiger partial charge on any atom is 0.324 e. The van der Waals surface area contributed by atoms with Crippen LogP contribution in [0.4, 0.5) is 4.79 Å². The summed E-state index contributed by atoms with van der Waals surface area (Å²) in [6.07, 6.45) is 3.14. The molecule has 0 aromatic carbocycles. The van der Waals surface area contributed by atoms with E-state index in [0.29, 0.717) is 17.8 Å². The topological polar surface area (TPSA) is 49.4 Å².